The van der Waals surface area contributed by atoms with Gasteiger partial charge in [0.15, 0.2) is 8.32 Å². The number of non-ortho nitro benzene ring substituents is 1. The highest BCUT2D eigenvalue weighted by Crippen LogP contribution is 2.52. The first-order valence-corrected chi connectivity index (χ1v) is 18.6. The maximum atomic E-state index is 13.7. The third-order valence-electron chi connectivity index (χ3n) is 8.77. The van der Waals surface area contributed by atoms with Gasteiger partial charge in [-0.3, -0.25) is 19.7 Å². The molecule has 12 heteroatoms. The van der Waals surface area contributed by atoms with E-state index in [1.807, 2.05) is 19.9 Å². The second-order valence-corrected chi connectivity index (χ2v) is 18.7. The Morgan fingerprint density at radius 3 is 2.34 bits per heavy atom. The second kappa shape index (κ2) is 13.3. The van der Waals surface area contributed by atoms with Crippen molar-refractivity contribution in [3.8, 4) is 0 Å². The number of thioether (sulfide) groups is 1. The number of hydrogen-bond acceptors (Lipinski definition) is 8. The van der Waals surface area contributed by atoms with Gasteiger partial charge in [0, 0.05) is 40.8 Å². The number of nitro groups is 1. The third kappa shape index (κ3) is 6.92. The van der Waals surface area contributed by atoms with Crippen molar-refractivity contribution in [2.45, 2.75) is 71.5 Å². The fourth-order valence-electron chi connectivity index (χ4n) is 5.36. The lowest BCUT2D eigenvalue weighted by molar-refractivity contribution is -0.384. The van der Waals surface area contributed by atoms with Crippen molar-refractivity contribution < 1.29 is 28.5 Å². The van der Waals surface area contributed by atoms with E-state index in [9.17, 15) is 24.5 Å². The van der Waals surface area contributed by atoms with Gasteiger partial charge in [-0.15, -0.1) is 11.8 Å². The number of benzene rings is 2. The van der Waals surface area contributed by atoms with Crippen LogP contribution in [0.3, 0.4) is 0 Å². The number of amides is 2. The number of carbonyl (C=O) groups is 3. The van der Waals surface area contributed by atoms with E-state index in [0.717, 1.165) is 4.91 Å². The molecule has 1 saturated heterocycles. The van der Waals surface area contributed by atoms with Crippen LogP contribution in [0.25, 0.3) is 0 Å². The van der Waals surface area contributed by atoms with Crippen molar-refractivity contribution in [3.63, 3.8) is 0 Å². The third-order valence-corrected chi connectivity index (χ3v) is 14.6. The maximum absolute atomic E-state index is 13.7. The molecule has 0 aromatic heterocycles. The molecule has 2 amide bonds. The standard InChI is InChI=1S/C32H41N3O7SSi/c1-20-26-25(21(2)42-44(6,7)32(3,4)5)30(37)34(26)27(31(38)41-19-22-13-15-24(16-14-22)35(39)40)28(20)43-18-17-33-29(36)23-11-9-8-10-12-23/h8-16,20-21,25-26H,17-19H2,1-7H3,(H,33,36)/t20-,21-,25-,26-/m1/s1. The van der Waals surface area contributed by atoms with Gasteiger partial charge in [-0.05, 0) is 54.9 Å². The van der Waals surface area contributed by atoms with Crippen molar-refractivity contribution in [3.05, 3.63) is 86.4 Å². The Morgan fingerprint density at radius 1 is 1.11 bits per heavy atom. The Morgan fingerprint density at radius 2 is 1.75 bits per heavy atom. The Kier molecular flexibility index (Phi) is 10.1. The Hall–Kier alpha value is -3.48. The number of nitro benzene ring substituents is 1. The van der Waals surface area contributed by atoms with Crippen molar-refractivity contribution in [2.24, 2.45) is 11.8 Å². The zero-order chi connectivity index (χ0) is 32.4. The molecular weight excluding hydrogens is 599 g/mol. The normalized spacial score (nSPS) is 20.6. The molecule has 2 aromatic carbocycles. The topological polar surface area (TPSA) is 128 Å². The summed E-state index contributed by atoms with van der Waals surface area (Å²) in [5, 5.41) is 13.9. The molecule has 236 valence electrons. The molecule has 44 heavy (non-hydrogen) atoms. The van der Waals surface area contributed by atoms with E-state index in [1.165, 1.54) is 36.0 Å². The number of esters is 1. The number of β-lactam (4-membered cyclic amide) rings is 1. The zero-order valence-corrected chi connectivity index (χ0v) is 28.1. The van der Waals surface area contributed by atoms with Crippen LogP contribution in [0.5, 0.6) is 0 Å². The number of nitrogens with one attached hydrogen (secondary N) is 1. The van der Waals surface area contributed by atoms with Crippen molar-refractivity contribution in [2.75, 3.05) is 12.3 Å². The van der Waals surface area contributed by atoms with Crippen molar-refractivity contribution in [1.82, 2.24) is 10.2 Å². The average molecular weight is 640 g/mol. The number of carbonyl (C=O) groups excluding carboxylic acids is 3. The second-order valence-electron chi connectivity index (χ2n) is 12.8. The van der Waals surface area contributed by atoms with E-state index < -0.39 is 25.1 Å². The molecule has 2 aliphatic rings. The van der Waals surface area contributed by atoms with Crippen LogP contribution in [0.15, 0.2) is 65.2 Å². The van der Waals surface area contributed by atoms with E-state index in [2.05, 4.69) is 39.2 Å². The molecule has 10 nitrogen and oxygen atoms in total. The summed E-state index contributed by atoms with van der Waals surface area (Å²) in [5.74, 6) is -1.01. The van der Waals surface area contributed by atoms with Crippen LogP contribution in [0.1, 0.15) is 50.5 Å². The molecule has 0 bridgehead atoms. The highest BCUT2D eigenvalue weighted by atomic mass is 32.2. The van der Waals surface area contributed by atoms with E-state index in [1.54, 1.807) is 29.2 Å². The van der Waals surface area contributed by atoms with Gasteiger partial charge in [0.25, 0.3) is 11.6 Å². The molecule has 4 rings (SSSR count). The maximum Gasteiger partial charge on any atom is 0.356 e. The fraction of sp³-hybridized carbons (Fsp3) is 0.469. The number of hydrogen-bond donors (Lipinski definition) is 1. The summed E-state index contributed by atoms with van der Waals surface area (Å²) >= 11 is 1.44. The zero-order valence-electron chi connectivity index (χ0n) is 26.3. The van der Waals surface area contributed by atoms with Crippen LogP contribution in [0.4, 0.5) is 5.69 Å². The average Bonchev–Trinajstić information content (AvgIpc) is 3.21. The summed E-state index contributed by atoms with van der Waals surface area (Å²) in [6.07, 6.45) is -0.320. The molecule has 2 heterocycles. The molecule has 1 fully saturated rings. The molecule has 0 aliphatic carbocycles. The molecule has 0 saturated carbocycles. The molecular formula is C32H41N3O7SSi. The first-order valence-electron chi connectivity index (χ1n) is 14.8. The quantitative estimate of drug-likeness (QED) is 0.0760. The Balaban J connectivity index is 1.50. The van der Waals surface area contributed by atoms with Crippen molar-refractivity contribution in [1.29, 1.82) is 0 Å². The summed E-state index contributed by atoms with van der Waals surface area (Å²) in [5.41, 5.74) is 1.33. The summed E-state index contributed by atoms with van der Waals surface area (Å²) in [7, 11) is -2.15. The number of ether oxygens (including phenoxy) is 1. The fourth-order valence-corrected chi connectivity index (χ4v) is 7.93. The molecule has 1 N–H and O–H groups in total. The minimum atomic E-state index is -2.15. The number of fused-ring (bicyclic) bond motifs is 1. The van der Waals surface area contributed by atoms with Crippen molar-refractivity contribution >= 4 is 43.6 Å². The largest absolute Gasteiger partial charge is 0.456 e. The number of rotatable bonds is 12. The predicted octanol–water partition coefficient (Wildman–Crippen LogP) is 5.90. The minimum absolute atomic E-state index is 0.0225. The van der Waals surface area contributed by atoms with Gasteiger partial charge in [0.1, 0.15) is 12.3 Å². The van der Waals surface area contributed by atoms with E-state index in [-0.39, 0.29) is 52.9 Å². The van der Waals surface area contributed by atoms with Gasteiger partial charge in [0.05, 0.1) is 23.0 Å². The molecule has 0 unspecified atom stereocenters. The highest BCUT2D eigenvalue weighted by molar-refractivity contribution is 8.03. The van der Waals surface area contributed by atoms with Crippen LogP contribution >= 0.6 is 11.8 Å². The summed E-state index contributed by atoms with van der Waals surface area (Å²) in [4.78, 5) is 52.5. The van der Waals surface area contributed by atoms with Gasteiger partial charge < -0.3 is 19.4 Å². The smallest absolute Gasteiger partial charge is 0.356 e. The molecule has 2 aliphatic heterocycles. The molecule has 2 aromatic rings. The highest BCUT2D eigenvalue weighted by Gasteiger charge is 2.61. The Bertz CT molecular complexity index is 1440. The predicted molar refractivity (Wildman–Crippen MR) is 172 cm³/mol. The van der Waals surface area contributed by atoms with E-state index >= 15 is 0 Å². The minimum Gasteiger partial charge on any atom is -0.456 e. The molecule has 0 spiro atoms. The first-order chi connectivity index (χ1) is 20.6. The SMILES string of the molecule is C[C@@H](O[Si](C)(C)C(C)(C)C)[C@H]1C(=O)N2C(C(=O)OCc3ccc([N+](=O)[O-])cc3)=C(SCCNC(=O)c3ccccc3)[C@H](C)[C@H]12. The molecule has 4 atom stereocenters. The summed E-state index contributed by atoms with van der Waals surface area (Å²) in [6.45, 7) is 15.0. The van der Waals surface area contributed by atoms with E-state index in [0.29, 0.717) is 23.4 Å². The monoisotopic (exact) mass is 639 g/mol. The lowest BCUT2D eigenvalue weighted by atomic mass is 9.79. The Labute approximate surface area is 263 Å². The first kappa shape index (κ1) is 33.4. The van der Waals surface area contributed by atoms with E-state index in [4.69, 9.17) is 9.16 Å². The lowest BCUT2D eigenvalue weighted by Gasteiger charge is -2.50. The van der Waals surface area contributed by atoms with Crippen LogP contribution < -0.4 is 5.32 Å². The lowest BCUT2D eigenvalue weighted by Crippen LogP contribution is -2.65. The van der Waals surface area contributed by atoms with Crippen LogP contribution in [-0.4, -0.2) is 60.4 Å². The van der Waals surface area contributed by atoms with Gasteiger partial charge in [-0.1, -0.05) is 45.9 Å². The summed E-state index contributed by atoms with van der Waals surface area (Å²) < 4.78 is 12.3. The number of nitrogens with zero attached hydrogens (tertiary/aromatic N) is 2. The van der Waals surface area contributed by atoms with Crippen LogP contribution in [-0.2, 0) is 25.4 Å². The van der Waals surface area contributed by atoms with Gasteiger partial charge in [-0.25, -0.2) is 4.79 Å². The van der Waals surface area contributed by atoms with Crippen LogP contribution in [0, 0.1) is 22.0 Å². The summed E-state index contributed by atoms with van der Waals surface area (Å²) in [6, 6.07) is 14.5. The van der Waals surface area contributed by atoms with Gasteiger partial charge in [0.2, 0.25) is 5.91 Å². The molecule has 0 radical (unpaired) electrons. The van der Waals surface area contributed by atoms with Gasteiger partial charge >= 0.3 is 5.97 Å². The van der Waals surface area contributed by atoms with Gasteiger partial charge in [-0.2, -0.15) is 0 Å². The van der Waals surface area contributed by atoms with Crippen LogP contribution in [0.2, 0.25) is 18.1 Å².